The van der Waals surface area contributed by atoms with Gasteiger partial charge in [-0.25, -0.2) is 17.5 Å². The molecule has 114 valence electrons. The van der Waals surface area contributed by atoms with Crippen LogP contribution in [0.2, 0.25) is 0 Å². The van der Waals surface area contributed by atoms with Crippen molar-refractivity contribution < 1.29 is 12.8 Å². The van der Waals surface area contributed by atoms with Crippen LogP contribution in [0.25, 0.3) is 0 Å². The van der Waals surface area contributed by atoms with Crippen molar-refractivity contribution in [3.05, 3.63) is 29.1 Å². The SMILES string of the molecule is Cc1c(F)cc(CN)cc1S(=O)(=O)NCCC(C)(C)C. The van der Waals surface area contributed by atoms with Crippen LogP contribution < -0.4 is 10.5 Å². The van der Waals surface area contributed by atoms with Crippen LogP contribution in [0.3, 0.4) is 0 Å². The first-order chi connectivity index (χ1) is 9.07. The summed E-state index contributed by atoms with van der Waals surface area (Å²) in [6.45, 7) is 7.96. The molecule has 0 aromatic heterocycles. The van der Waals surface area contributed by atoms with Crippen LogP contribution >= 0.6 is 0 Å². The highest BCUT2D eigenvalue weighted by molar-refractivity contribution is 7.89. The van der Waals surface area contributed by atoms with Crippen LogP contribution in [0.1, 0.15) is 38.3 Å². The predicted molar refractivity (Wildman–Crippen MR) is 78.3 cm³/mol. The third-order valence-corrected chi connectivity index (χ3v) is 4.64. The highest BCUT2D eigenvalue weighted by atomic mass is 32.2. The number of halogens is 1. The van der Waals surface area contributed by atoms with Crippen LogP contribution in [0.4, 0.5) is 4.39 Å². The molecule has 1 aromatic carbocycles. The van der Waals surface area contributed by atoms with Crippen LogP contribution in [-0.4, -0.2) is 15.0 Å². The molecule has 0 aliphatic rings. The van der Waals surface area contributed by atoms with E-state index in [1.54, 1.807) is 0 Å². The zero-order valence-electron chi connectivity index (χ0n) is 12.5. The molecule has 0 radical (unpaired) electrons. The molecule has 0 bridgehead atoms. The lowest BCUT2D eigenvalue weighted by atomic mass is 9.93. The first-order valence-electron chi connectivity index (χ1n) is 6.55. The standard InChI is InChI=1S/C14H23FN2O2S/c1-10-12(15)7-11(9-16)8-13(10)20(18,19)17-6-5-14(2,3)4/h7-8,17H,5-6,9,16H2,1-4H3. The van der Waals surface area contributed by atoms with Gasteiger partial charge < -0.3 is 5.73 Å². The van der Waals surface area contributed by atoms with E-state index in [1.165, 1.54) is 19.1 Å². The molecule has 1 rings (SSSR count). The monoisotopic (exact) mass is 302 g/mol. The predicted octanol–water partition coefficient (Wildman–Crippen LogP) is 2.31. The lowest BCUT2D eigenvalue weighted by Crippen LogP contribution is -2.28. The van der Waals surface area contributed by atoms with E-state index >= 15 is 0 Å². The van der Waals surface area contributed by atoms with Crippen molar-refractivity contribution in [1.29, 1.82) is 0 Å². The highest BCUT2D eigenvalue weighted by Crippen LogP contribution is 2.21. The van der Waals surface area contributed by atoms with Crippen LogP contribution in [0, 0.1) is 18.2 Å². The molecule has 6 heteroatoms. The fourth-order valence-corrected chi connectivity index (χ4v) is 3.08. The molecule has 1 aromatic rings. The van der Waals surface area contributed by atoms with Gasteiger partial charge in [0.25, 0.3) is 0 Å². The molecule has 0 aliphatic heterocycles. The average Bonchev–Trinajstić information content (AvgIpc) is 2.30. The summed E-state index contributed by atoms with van der Waals surface area (Å²) in [6.07, 6.45) is 0.699. The summed E-state index contributed by atoms with van der Waals surface area (Å²) in [4.78, 5) is -0.0353. The third kappa shape index (κ3) is 4.54. The zero-order valence-corrected chi connectivity index (χ0v) is 13.3. The molecule has 0 unspecified atom stereocenters. The Labute approximate surface area is 120 Å². The Bertz CT molecular complexity index is 578. The molecule has 0 atom stereocenters. The van der Waals surface area contributed by atoms with Gasteiger partial charge in [-0.15, -0.1) is 0 Å². The Morgan fingerprint density at radius 1 is 1.30 bits per heavy atom. The van der Waals surface area contributed by atoms with Gasteiger partial charge in [-0.1, -0.05) is 20.8 Å². The molecule has 0 heterocycles. The number of hydrogen-bond acceptors (Lipinski definition) is 3. The minimum Gasteiger partial charge on any atom is -0.326 e. The second-order valence-electron chi connectivity index (χ2n) is 6.11. The highest BCUT2D eigenvalue weighted by Gasteiger charge is 2.20. The lowest BCUT2D eigenvalue weighted by molar-refractivity contribution is 0.378. The number of nitrogens with one attached hydrogen (secondary N) is 1. The molecule has 0 saturated carbocycles. The fourth-order valence-electron chi connectivity index (χ4n) is 1.74. The quantitative estimate of drug-likeness (QED) is 0.876. The van der Waals surface area contributed by atoms with Crippen molar-refractivity contribution in [1.82, 2.24) is 4.72 Å². The smallest absolute Gasteiger partial charge is 0.240 e. The summed E-state index contributed by atoms with van der Waals surface area (Å²) in [5.74, 6) is -0.552. The summed E-state index contributed by atoms with van der Waals surface area (Å²) in [5.41, 5.74) is 6.06. The van der Waals surface area contributed by atoms with E-state index in [0.29, 0.717) is 18.5 Å². The van der Waals surface area contributed by atoms with E-state index in [-0.39, 0.29) is 22.4 Å². The number of hydrogen-bond donors (Lipinski definition) is 2. The molecule has 0 fully saturated rings. The van der Waals surface area contributed by atoms with Gasteiger partial charge in [0, 0.05) is 18.7 Å². The summed E-state index contributed by atoms with van der Waals surface area (Å²) < 4.78 is 40.7. The van der Waals surface area contributed by atoms with E-state index in [1.807, 2.05) is 20.8 Å². The van der Waals surface area contributed by atoms with Gasteiger partial charge in [0.2, 0.25) is 10.0 Å². The summed E-state index contributed by atoms with van der Waals surface area (Å²) >= 11 is 0. The van der Waals surface area contributed by atoms with Crippen LogP contribution in [-0.2, 0) is 16.6 Å². The van der Waals surface area contributed by atoms with Gasteiger partial charge in [-0.05, 0) is 36.5 Å². The van der Waals surface area contributed by atoms with Gasteiger partial charge in [0.1, 0.15) is 5.82 Å². The molecule has 3 N–H and O–H groups in total. The van der Waals surface area contributed by atoms with Crippen molar-refractivity contribution in [2.75, 3.05) is 6.54 Å². The molecule has 0 amide bonds. The van der Waals surface area contributed by atoms with Crippen molar-refractivity contribution >= 4 is 10.0 Å². The average molecular weight is 302 g/mol. The van der Waals surface area contributed by atoms with Crippen molar-refractivity contribution in [3.8, 4) is 0 Å². The minimum atomic E-state index is -3.71. The molecule has 0 spiro atoms. The van der Waals surface area contributed by atoms with Crippen molar-refractivity contribution in [2.45, 2.75) is 45.6 Å². The Morgan fingerprint density at radius 3 is 2.40 bits per heavy atom. The topological polar surface area (TPSA) is 72.2 Å². The second kappa shape index (κ2) is 6.20. The normalized spacial score (nSPS) is 12.7. The van der Waals surface area contributed by atoms with E-state index in [9.17, 15) is 12.8 Å². The maximum atomic E-state index is 13.7. The molecule has 0 aliphatic carbocycles. The summed E-state index contributed by atoms with van der Waals surface area (Å²) in [5, 5.41) is 0. The number of rotatable bonds is 5. The molecule has 0 saturated heterocycles. The van der Waals surface area contributed by atoms with Gasteiger partial charge in [-0.2, -0.15) is 0 Å². The molecular weight excluding hydrogens is 279 g/mol. The van der Waals surface area contributed by atoms with Gasteiger partial charge in [-0.3, -0.25) is 0 Å². The largest absolute Gasteiger partial charge is 0.326 e. The van der Waals surface area contributed by atoms with Gasteiger partial charge >= 0.3 is 0 Å². The van der Waals surface area contributed by atoms with Gasteiger partial charge in [0.15, 0.2) is 0 Å². The van der Waals surface area contributed by atoms with Crippen molar-refractivity contribution in [2.24, 2.45) is 11.1 Å². The Balaban J connectivity index is 3.01. The first-order valence-corrected chi connectivity index (χ1v) is 8.04. The second-order valence-corrected chi connectivity index (χ2v) is 7.85. The third-order valence-electron chi connectivity index (χ3n) is 3.05. The lowest BCUT2D eigenvalue weighted by Gasteiger charge is -2.18. The van der Waals surface area contributed by atoms with Crippen LogP contribution in [0.15, 0.2) is 17.0 Å². The maximum absolute atomic E-state index is 13.7. The molecule has 20 heavy (non-hydrogen) atoms. The molecular formula is C14H23FN2O2S. The Morgan fingerprint density at radius 2 is 1.90 bits per heavy atom. The van der Waals surface area contributed by atoms with Crippen LogP contribution in [0.5, 0.6) is 0 Å². The number of nitrogens with two attached hydrogens (primary N) is 1. The zero-order chi connectivity index (χ0) is 15.6. The van der Waals surface area contributed by atoms with E-state index in [4.69, 9.17) is 5.73 Å². The maximum Gasteiger partial charge on any atom is 0.240 e. The minimum absolute atomic E-state index is 0.0297. The Hall–Kier alpha value is -0.980. The number of sulfonamides is 1. The summed E-state index contributed by atoms with van der Waals surface area (Å²) in [7, 11) is -3.71. The number of benzene rings is 1. The summed E-state index contributed by atoms with van der Waals surface area (Å²) in [6, 6.07) is 2.70. The Kier molecular flexibility index (Phi) is 5.29. The first kappa shape index (κ1) is 17.1. The van der Waals surface area contributed by atoms with Gasteiger partial charge in [0.05, 0.1) is 4.90 Å². The van der Waals surface area contributed by atoms with E-state index in [0.717, 1.165) is 0 Å². The van der Waals surface area contributed by atoms with E-state index < -0.39 is 15.8 Å². The molecule has 4 nitrogen and oxygen atoms in total. The van der Waals surface area contributed by atoms with E-state index in [2.05, 4.69) is 4.72 Å². The van der Waals surface area contributed by atoms with Crippen molar-refractivity contribution in [3.63, 3.8) is 0 Å². The fraction of sp³-hybridized carbons (Fsp3) is 0.571.